The predicted molar refractivity (Wildman–Crippen MR) is 25.6 cm³/mol. The van der Waals surface area contributed by atoms with Crippen LogP contribution in [0.5, 0.6) is 0 Å². The fraction of sp³-hybridized carbons (Fsp3) is 0.667. The van der Waals surface area contributed by atoms with E-state index in [0.717, 1.165) is 0 Å². The molecule has 1 aliphatic rings. The lowest BCUT2D eigenvalue weighted by Gasteiger charge is -2.24. The van der Waals surface area contributed by atoms with E-state index in [9.17, 15) is 10.0 Å². The molecule has 52 valence electrons. The van der Waals surface area contributed by atoms with E-state index >= 15 is 0 Å². The van der Waals surface area contributed by atoms with Crippen LogP contribution in [-0.4, -0.2) is 29.3 Å². The summed E-state index contributed by atoms with van der Waals surface area (Å²) in [6.07, 6.45) is -1.58. The highest BCUT2D eigenvalue weighted by molar-refractivity contribution is 5.55. The Balaban J connectivity index is 2.61. The number of carbonyl (C=O) groups is 1. The smallest absolute Gasteiger partial charge is 0.567 e. The highest BCUT2D eigenvalue weighted by atomic mass is 17.0. The summed E-state index contributed by atoms with van der Waals surface area (Å²) in [5.41, 5.74) is 2.09. The number of amides is 1. The largest absolute Gasteiger partial charge is 0.569 e. The van der Waals surface area contributed by atoms with Gasteiger partial charge in [-0.05, 0) is 4.92 Å². The second-order valence-electron chi connectivity index (χ2n) is 1.58. The summed E-state index contributed by atoms with van der Waals surface area (Å²) in [7, 11) is 0. The third kappa shape index (κ3) is 1.01. The van der Waals surface area contributed by atoms with Crippen molar-refractivity contribution in [2.45, 2.75) is 0 Å². The van der Waals surface area contributed by atoms with Crippen LogP contribution in [0.4, 0.5) is 4.79 Å². The van der Waals surface area contributed by atoms with Crippen molar-refractivity contribution in [2.24, 2.45) is 0 Å². The zero-order valence-electron chi connectivity index (χ0n) is 4.53. The summed E-state index contributed by atoms with van der Waals surface area (Å²) in [6.45, 7) is 0.408. The highest BCUT2D eigenvalue weighted by Gasteiger charge is 2.34. The van der Waals surface area contributed by atoms with E-state index in [1.807, 2.05) is 0 Å². The van der Waals surface area contributed by atoms with Gasteiger partial charge in [-0.25, -0.2) is 0 Å². The van der Waals surface area contributed by atoms with Gasteiger partial charge in [0.2, 0.25) is 0 Å². The number of rotatable bonds is 0. The summed E-state index contributed by atoms with van der Waals surface area (Å²) < 4.78 is 0. The molecule has 1 unspecified atom stereocenters. The lowest BCUT2D eigenvalue weighted by Crippen LogP contribution is -2.50. The Kier molecular flexibility index (Phi) is 1.37. The fourth-order valence-electron chi connectivity index (χ4n) is 0.536. The first-order valence-corrected chi connectivity index (χ1v) is 2.38. The zero-order chi connectivity index (χ0) is 6.91. The van der Waals surface area contributed by atoms with Crippen molar-refractivity contribution in [3.05, 3.63) is 5.21 Å². The number of hydroxylamine groups is 2. The minimum Gasteiger partial charge on any atom is -0.567 e. The van der Waals surface area contributed by atoms with Gasteiger partial charge in [-0.1, -0.05) is 0 Å². The maximum atomic E-state index is 10.6. The predicted octanol–water partition coefficient (Wildman–Crippen LogP) is -0.571. The second-order valence-corrected chi connectivity index (χ2v) is 1.58. The quantitative estimate of drug-likeness (QED) is 0.342. The number of hydrogen-bond donors (Lipinski definition) is 2. The van der Waals surface area contributed by atoms with Crippen LogP contribution in [0.2, 0.25) is 0 Å². The van der Waals surface area contributed by atoms with E-state index in [-0.39, 0.29) is 13.2 Å². The van der Waals surface area contributed by atoms with Gasteiger partial charge in [0.15, 0.2) is 0 Å². The molecule has 1 rings (SSSR count). The molecule has 1 amide bonds. The third-order valence-electron chi connectivity index (χ3n) is 0.947. The number of quaternary nitrogens is 1. The van der Waals surface area contributed by atoms with Crippen LogP contribution in [-0.2, 0) is 4.84 Å². The Morgan fingerprint density at radius 1 is 1.89 bits per heavy atom. The van der Waals surface area contributed by atoms with E-state index in [2.05, 4.69) is 10.3 Å². The molecule has 6 heteroatoms. The van der Waals surface area contributed by atoms with Gasteiger partial charge in [-0.3, -0.25) is 0 Å². The fourth-order valence-corrected chi connectivity index (χ4v) is 0.536. The molecule has 1 heterocycles. The van der Waals surface area contributed by atoms with Gasteiger partial charge in [0.25, 0.3) is 0 Å². The van der Waals surface area contributed by atoms with Gasteiger partial charge >= 0.3 is 6.09 Å². The van der Waals surface area contributed by atoms with Crippen molar-refractivity contribution in [2.75, 3.05) is 13.2 Å². The molecule has 0 spiro atoms. The standard InChI is InChI=1S/C3H6N2O4/c6-3(7)5(8)4-1-2-9-5/h4H,1-2H2,(H,6,7). The van der Waals surface area contributed by atoms with E-state index in [1.165, 1.54) is 0 Å². The Morgan fingerprint density at radius 2 is 2.56 bits per heavy atom. The van der Waals surface area contributed by atoms with E-state index in [4.69, 9.17) is 5.11 Å². The molecule has 6 nitrogen and oxygen atoms in total. The molecule has 1 saturated heterocycles. The number of carboxylic acid groups (broad SMARTS) is 1. The van der Waals surface area contributed by atoms with Gasteiger partial charge in [-0.2, -0.15) is 9.63 Å². The molecule has 0 bridgehead atoms. The first-order chi connectivity index (χ1) is 4.15. The first kappa shape index (κ1) is 6.43. The van der Waals surface area contributed by atoms with Gasteiger partial charge in [0.05, 0.1) is 6.54 Å². The molecular weight excluding hydrogens is 128 g/mol. The van der Waals surface area contributed by atoms with Crippen LogP contribution in [0.15, 0.2) is 0 Å². The van der Waals surface area contributed by atoms with Gasteiger partial charge in [0, 0.05) is 0 Å². The lowest BCUT2D eigenvalue weighted by molar-refractivity contribution is -1.02. The van der Waals surface area contributed by atoms with E-state index in [1.54, 1.807) is 0 Å². The van der Waals surface area contributed by atoms with Crippen molar-refractivity contribution >= 4 is 6.09 Å². The summed E-state index contributed by atoms with van der Waals surface area (Å²) in [6, 6.07) is 0. The van der Waals surface area contributed by atoms with Gasteiger partial charge < -0.3 is 10.3 Å². The molecule has 0 aromatic carbocycles. The molecule has 1 fully saturated rings. The minimum absolute atomic E-state index is 0.135. The number of nitrogens with zero attached hydrogens (tertiary/aromatic N) is 1. The van der Waals surface area contributed by atoms with Crippen molar-refractivity contribution in [1.29, 1.82) is 0 Å². The second kappa shape index (κ2) is 1.92. The Labute approximate surface area is 50.7 Å². The minimum atomic E-state index is -1.78. The molecule has 9 heavy (non-hydrogen) atoms. The molecule has 1 aliphatic heterocycles. The van der Waals surface area contributed by atoms with Crippen molar-refractivity contribution in [3.8, 4) is 0 Å². The van der Waals surface area contributed by atoms with Crippen molar-refractivity contribution < 1.29 is 19.7 Å². The molecule has 1 atom stereocenters. The maximum absolute atomic E-state index is 10.6. The van der Waals surface area contributed by atoms with Gasteiger partial charge in [-0.15, -0.1) is 5.43 Å². The summed E-state index contributed by atoms with van der Waals surface area (Å²) in [5, 5.41) is 18.8. The van der Waals surface area contributed by atoms with Crippen LogP contribution < -0.4 is 5.43 Å². The van der Waals surface area contributed by atoms with Crippen LogP contribution >= 0.6 is 0 Å². The van der Waals surface area contributed by atoms with E-state index < -0.39 is 11.0 Å². The molecule has 0 saturated carbocycles. The summed E-state index contributed by atoms with van der Waals surface area (Å²) in [5.74, 6) is 0. The molecule has 0 radical (unpaired) electrons. The van der Waals surface area contributed by atoms with Crippen LogP contribution in [0.25, 0.3) is 0 Å². The van der Waals surface area contributed by atoms with Gasteiger partial charge in [0.1, 0.15) is 6.61 Å². The number of hydrogen-bond acceptors (Lipinski definition) is 4. The van der Waals surface area contributed by atoms with Crippen LogP contribution in [0.1, 0.15) is 0 Å². The molecular formula is C3H6N2O4. The van der Waals surface area contributed by atoms with Crippen molar-refractivity contribution in [3.63, 3.8) is 0 Å². The summed E-state index contributed by atoms with van der Waals surface area (Å²) >= 11 is 0. The van der Waals surface area contributed by atoms with Crippen LogP contribution in [0.3, 0.4) is 0 Å². The molecule has 2 N–H and O–H groups in total. The first-order valence-electron chi connectivity index (χ1n) is 2.38. The Bertz CT molecular complexity index is 130. The normalized spacial score (nSPS) is 34.8. The number of nitrogens with one attached hydrogen (secondary N) is 1. The molecule has 0 aliphatic carbocycles. The SMILES string of the molecule is O=C(O)[N+]1([O-])NCCO1. The molecule has 0 aromatic rings. The Morgan fingerprint density at radius 3 is 2.78 bits per heavy atom. The highest BCUT2D eigenvalue weighted by Crippen LogP contribution is 2.05. The third-order valence-corrected chi connectivity index (χ3v) is 0.947. The summed E-state index contributed by atoms with van der Waals surface area (Å²) in [4.78, 5) is 12.5. The van der Waals surface area contributed by atoms with Crippen LogP contribution in [0, 0.1) is 5.21 Å². The maximum Gasteiger partial charge on any atom is 0.569 e. The van der Waals surface area contributed by atoms with Crippen molar-refractivity contribution in [1.82, 2.24) is 5.43 Å². The average molecular weight is 134 g/mol. The Hall–Kier alpha value is -0.690. The monoisotopic (exact) mass is 134 g/mol. The topological polar surface area (TPSA) is 81.6 Å². The van der Waals surface area contributed by atoms with E-state index in [0.29, 0.717) is 0 Å². The molecule has 0 aromatic heterocycles. The lowest BCUT2D eigenvalue weighted by atomic mass is 10.8. The average Bonchev–Trinajstić information content (AvgIpc) is 2.16. The zero-order valence-corrected chi connectivity index (χ0v) is 4.53.